The molecular formula is C11H19N3OS. The van der Waals surface area contributed by atoms with E-state index in [0.717, 1.165) is 36.2 Å². The van der Waals surface area contributed by atoms with Crippen molar-refractivity contribution in [1.29, 1.82) is 0 Å². The number of rotatable bonds is 6. The van der Waals surface area contributed by atoms with E-state index in [9.17, 15) is 0 Å². The molecule has 90 valence electrons. The molecule has 1 saturated carbocycles. The summed E-state index contributed by atoms with van der Waals surface area (Å²) in [6.07, 6.45) is 3.85. The molecule has 5 heteroatoms. The predicted molar refractivity (Wildman–Crippen MR) is 68.3 cm³/mol. The van der Waals surface area contributed by atoms with Crippen molar-refractivity contribution in [3.05, 3.63) is 0 Å². The standard InChI is InChI=1S/C11H19N3OS/c1-3-6-14(7-8-4-5-8)11-9(15-2)10(12)13-16-11/h8H,3-7H2,1-2H3,(H2,12,13). The van der Waals surface area contributed by atoms with Crippen molar-refractivity contribution in [3.8, 4) is 5.75 Å². The van der Waals surface area contributed by atoms with E-state index in [4.69, 9.17) is 10.5 Å². The lowest BCUT2D eigenvalue weighted by atomic mass is 10.3. The van der Waals surface area contributed by atoms with Crippen LogP contribution in [0.25, 0.3) is 0 Å². The summed E-state index contributed by atoms with van der Waals surface area (Å²) >= 11 is 1.44. The van der Waals surface area contributed by atoms with Crippen LogP contribution in [0.5, 0.6) is 5.75 Å². The van der Waals surface area contributed by atoms with Gasteiger partial charge in [0.2, 0.25) is 0 Å². The van der Waals surface area contributed by atoms with Gasteiger partial charge in [0.25, 0.3) is 0 Å². The van der Waals surface area contributed by atoms with Crippen molar-refractivity contribution in [2.24, 2.45) is 5.92 Å². The molecule has 0 aromatic carbocycles. The molecule has 1 aromatic heterocycles. The van der Waals surface area contributed by atoms with Gasteiger partial charge >= 0.3 is 0 Å². The molecule has 0 atom stereocenters. The van der Waals surface area contributed by atoms with Gasteiger partial charge in [0.15, 0.2) is 16.6 Å². The van der Waals surface area contributed by atoms with Crippen molar-refractivity contribution in [1.82, 2.24) is 4.37 Å². The van der Waals surface area contributed by atoms with Crippen molar-refractivity contribution in [2.75, 3.05) is 30.8 Å². The molecule has 4 nitrogen and oxygen atoms in total. The normalized spacial score (nSPS) is 15.1. The number of nitrogen functional groups attached to an aromatic ring is 1. The highest BCUT2D eigenvalue weighted by molar-refractivity contribution is 7.11. The minimum absolute atomic E-state index is 0.513. The number of hydrogen-bond acceptors (Lipinski definition) is 5. The van der Waals surface area contributed by atoms with Gasteiger partial charge in [-0.2, -0.15) is 4.37 Å². The first-order chi connectivity index (χ1) is 7.76. The van der Waals surface area contributed by atoms with E-state index in [1.165, 1.54) is 24.4 Å². The van der Waals surface area contributed by atoms with Crippen LogP contribution < -0.4 is 15.4 Å². The van der Waals surface area contributed by atoms with E-state index in [2.05, 4.69) is 16.2 Å². The average Bonchev–Trinajstić information content (AvgIpc) is 3.00. The Labute approximate surface area is 101 Å². The summed E-state index contributed by atoms with van der Waals surface area (Å²) in [6, 6.07) is 0. The molecule has 0 bridgehead atoms. The molecule has 0 spiro atoms. The van der Waals surface area contributed by atoms with Crippen LogP contribution >= 0.6 is 11.5 Å². The quantitative estimate of drug-likeness (QED) is 0.830. The van der Waals surface area contributed by atoms with Crippen LogP contribution in [0.1, 0.15) is 26.2 Å². The Morgan fingerprint density at radius 2 is 2.31 bits per heavy atom. The smallest absolute Gasteiger partial charge is 0.197 e. The monoisotopic (exact) mass is 241 g/mol. The van der Waals surface area contributed by atoms with E-state index < -0.39 is 0 Å². The lowest BCUT2D eigenvalue weighted by molar-refractivity contribution is 0.417. The van der Waals surface area contributed by atoms with Gasteiger partial charge < -0.3 is 15.4 Å². The number of aromatic nitrogens is 1. The molecule has 1 aliphatic rings. The second-order valence-corrected chi connectivity index (χ2v) is 5.05. The van der Waals surface area contributed by atoms with Crippen LogP contribution in [0, 0.1) is 5.92 Å². The number of anilines is 2. The maximum Gasteiger partial charge on any atom is 0.197 e. The Balaban J connectivity index is 2.15. The minimum Gasteiger partial charge on any atom is -0.490 e. The Morgan fingerprint density at radius 1 is 1.56 bits per heavy atom. The third-order valence-electron chi connectivity index (χ3n) is 2.82. The van der Waals surface area contributed by atoms with Gasteiger partial charge in [-0.3, -0.25) is 0 Å². The summed E-state index contributed by atoms with van der Waals surface area (Å²) in [5.41, 5.74) is 5.78. The highest BCUT2D eigenvalue weighted by Crippen LogP contribution is 2.40. The fraction of sp³-hybridized carbons (Fsp3) is 0.727. The Kier molecular flexibility index (Phi) is 3.53. The van der Waals surface area contributed by atoms with Crippen molar-refractivity contribution >= 4 is 22.4 Å². The molecule has 1 heterocycles. The molecule has 2 rings (SSSR count). The number of ether oxygens (including phenoxy) is 1. The third-order valence-corrected chi connectivity index (χ3v) is 3.72. The molecule has 16 heavy (non-hydrogen) atoms. The predicted octanol–water partition coefficient (Wildman–Crippen LogP) is 2.36. The maximum atomic E-state index is 5.78. The summed E-state index contributed by atoms with van der Waals surface area (Å²) in [7, 11) is 1.66. The SMILES string of the molecule is CCCN(CC1CC1)c1snc(N)c1OC. The van der Waals surface area contributed by atoms with E-state index in [1.807, 2.05) is 0 Å². The first-order valence-electron chi connectivity index (χ1n) is 5.80. The van der Waals surface area contributed by atoms with Gasteiger partial charge in [0, 0.05) is 13.1 Å². The molecular weight excluding hydrogens is 222 g/mol. The first kappa shape index (κ1) is 11.5. The maximum absolute atomic E-state index is 5.78. The fourth-order valence-corrected chi connectivity index (χ4v) is 2.66. The molecule has 0 unspecified atom stereocenters. The van der Waals surface area contributed by atoms with Gasteiger partial charge in [-0.05, 0) is 36.7 Å². The van der Waals surface area contributed by atoms with E-state index in [-0.39, 0.29) is 0 Å². The average molecular weight is 241 g/mol. The van der Waals surface area contributed by atoms with Crippen LogP contribution in [0.4, 0.5) is 10.8 Å². The molecule has 0 radical (unpaired) electrons. The largest absolute Gasteiger partial charge is 0.490 e. The highest BCUT2D eigenvalue weighted by Gasteiger charge is 2.27. The van der Waals surface area contributed by atoms with E-state index in [0.29, 0.717) is 5.82 Å². The number of hydrogen-bond donors (Lipinski definition) is 1. The van der Waals surface area contributed by atoms with Crippen LogP contribution in [0.3, 0.4) is 0 Å². The summed E-state index contributed by atoms with van der Waals surface area (Å²) in [6.45, 7) is 4.36. The second-order valence-electron chi connectivity index (χ2n) is 4.30. The summed E-state index contributed by atoms with van der Waals surface area (Å²) in [4.78, 5) is 2.37. The van der Waals surface area contributed by atoms with Crippen LogP contribution in [-0.4, -0.2) is 24.6 Å². The van der Waals surface area contributed by atoms with Crippen LogP contribution in [0.2, 0.25) is 0 Å². The van der Waals surface area contributed by atoms with E-state index >= 15 is 0 Å². The topological polar surface area (TPSA) is 51.4 Å². The molecule has 0 aliphatic heterocycles. The second kappa shape index (κ2) is 4.91. The van der Waals surface area contributed by atoms with Gasteiger partial charge in [0.05, 0.1) is 7.11 Å². The molecule has 2 N–H and O–H groups in total. The molecule has 1 aliphatic carbocycles. The summed E-state index contributed by atoms with van der Waals surface area (Å²) in [5.74, 6) is 2.12. The molecule has 1 aromatic rings. The molecule has 0 amide bonds. The molecule has 1 fully saturated rings. The van der Waals surface area contributed by atoms with Crippen LogP contribution in [0.15, 0.2) is 0 Å². The van der Waals surface area contributed by atoms with Crippen molar-refractivity contribution in [3.63, 3.8) is 0 Å². The fourth-order valence-electron chi connectivity index (χ4n) is 1.84. The zero-order valence-electron chi connectivity index (χ0n) is 9.90. The number of nitrogens with two attached hydrogens (primary N) is 1. The summed E-state index contributed by atoms with van der Waals surface area (Å²) < 4.78 is 9.50. The Bertz CT molecular complexity index is 349. The van der Waals surface area contributed by atoms with Crippen molar-refractivity contribution < 1.29 is 4.74 Å². The lowest BCUT2D eigenvalue weighted by Gasteiger charge is -2.22. The van der Waals surface area contributed by atoms with Gasteiger partial charge in [-0.1, -0.05) is 6.92 Å². The Morgan fingerprint density at radius 3 is 2.88 bits per heavy atom. The lowest BCUT2D eigenvalue weighted by Crippen LogP contribution is -2.26. The van der Waals surface area contributed by atoms with Gasteiger partial charge in [0.1, 0.15) is 0 Å². The van der Waals surface area contributed by atoms with Crippen molar-refractivity contribution in [2.45, 2.75) is 26.2 Å². The van der Waals surface area contributed by atoms with E-state index in [1.54, 1.807) is 7.11 Å². The first-order valence-corrected chi connectivity index (χ1v) is 6.57. The minimum atomic E-state index is 0.513. The Hall–Kier alpha value is -0.970. The zero-order valence-corrected chi connectivity index (χ0v) is 10.7. The van der Waals surface area contributed by atoms with Crippen LogP contribution in [-0.2, 0) is 0 Å². The zero-order chi connectivity index (χ0) is 11.5. The number of methoxy groups -OCH3 is 1. The van der Waals surface area contributed by atoms with Gasteiger partial charge in [-0.15, -0.1) is 0 Å². The third kappa shape index (κ3) is 2.40. The molecule has 0 saturated heterocycles. The number of nitrogens with zero attached hydrogens (tertiary/aromatic N) is 2. The van der Waals surface area contributed by atoms with Gasteiger partial charge in [-0.25, -0.2) is 0 Å². The summed E-state index contributed by atoms with van der Waals surface area (Å²) in [5, 5.41) is 1.09. The highest BCUT2D eigenvalue weighted by atomic mass is 32.1.